The van der Waals surface area contributed by atoms with Crippen LogP contribution in [-0.4, -0.2) is 23.8 Å². The van der Waals surface area contributed by atoms with Crippen molar-refractivity contribution in [2.75, 3.05) is 7.11 Å². The van der Waals surface area contributed by atoms with Crippen molar-refractivity contribution < 1.29 is 14.3 Å². The number of esters is 1. The summed E-state index contributed by atoms with van der Waals surface area (Å²) in [5, 5.41) is 12.1. The number of nitrogens with zero attached hydrogens (tertiary/aromatic N) is 2. The van der Waals surface area contributed by atoms with Gasteiger partial charge in [0.05, 0.1) is 25.1 Å². The minimum Gasteiger partial charge on any atom is -0.468 e. The van der Waals surface area contributed by atoms with Crippen LogP contribution in [0.5, 0.6) is 0 Å². The van der Waals surface area contributed by atoms with E-state index in [9.17, 15) is 14.9 Å². The summed E-state index contributed by atoms with van der Waals surface area (Å²) < 4.78 is 5.04. The number of carbonyl (C=O) groups is 2. The molecule has 0 bridgehead atoms. The van der Waals surface area contributed by atoms with Crippen LogP contribution in [0.3, 0.4) is 0 Å². The molecule has 1 aromatic heterocycles. The Bertz CT molecular complexity index is 1330. The molecule has 0 N–H and O–H groups in total. The molecule has 31 heavy (non-hydrogen) atoms. The van der Waals surface area contributed by atoms with E-state index in [1.165, 1.54) is 7.11 Å². The van der Waals surface area contributed by atoms with Gasteiger partial charge in [-0.15, -0.1) is 0 Å². The third kappa shape index (κ3) is 3.64. The normalized spacial score (nSPS) is 12.8. The van der Waals surface area contributed by atoms with E-state index in [4.69, 9.17) is 4.74 Å². The van der Waals surface area contributed by atoms with Gasteiger partial charge in [-0.3, -0.25) is 14.6 Å². The molecule has 4 aromatic rings. The Morgan fingerprint density at radius 3 is 2.42 bits per heavy atom. The number of hydrogen-bond donors (Lipinski definition) is 0. The third-order valence-corrected chi connectivity index (χ3v) is 5.56. The van der Waals surface area contributed by atoms with Gasteiger partial charge in [-0.05, 0) is 22.9 Å². The number of para-hydroxylation sites is 1. The van der Waals surface area contributed by atoms with Crippen molar-refractivity contribution >= 4 is 33.4 Å². The maximum atomic E-state index is 13.9. The number of fused-ring (bicyclic) bond motifs is 2. The Kier molecular flexibility index (Phi) is 5.46. The molecule has 1 atom stereocenters. The Morgan fingerprint density at radius 2 is 1.65 bits per heavy atom. The van der Waals surface area contributed by atoms with Crippen LogP contribution in [0.4, 0.5) is 0 Å². The largest absolute Gasteiger partial charge is 0.468 e. The average molecular weight is 408 g/mol. The van der Waals surface area contributed by atoms with Crippen molar-refractivity contribution in [3.63, 3.8) is 0 Å². The zero-order chi connectivity index (χ0) is 21.8. The van der Waals surface area contributed by atoms with Gasteiger partial charge in [0.2, 0.25) is 0 Å². The highest BCUT2D eigenvalue weighted by Crippen LogP contribution is 2.35. The van der Waals surface area contributed by atoms with Crippen LogP contribution in [0, 0.1) is 16.7 Å². The Balaban J connectivity index is 1.86. The summed E-state index contributed by atoms with van der Waals surface area (Å²) >= 11 is 0. The minimum atomic E-state index is -1.69. The van der Waals surface area contributed by atoms with E-state index in [-0.39, 0.29) is 12.8 Å². The number of methoxy groups -OCH3 is 1. The van der Waals surface area contributed by atoms with Crippen LogP contribution < -0.4 is 0 Å². The zero-order valence-corrected chi connectivity index (χ0v) is 17.0. The fourth-order valence-electron chi connectivity index (χ4n) is 3.99. The molecule has 4 rings (SSSR count). The number of rotatable bonds is 6. The smallest absolute Gasteiger partial charge is 0.321 e. The summed E-state index contributed by atoms with van der Waals surface area (Å²) in [6, 6.07) is 26.2. The van der Waals surface area contributed by atoms with Crippen molar-refractivity contribution in [3.05, 3.63) is 90.1 Å². The second kappa shape index (κ2) is 8.37. The number of aromatic nitrogens is 1. The maximum absolute atomic E-state index is 13.9. The van der Waals surface area contributed by atoms with Crippen LogP contribution in [-0.2, 0) is 16.0 Å². The molecule has 0 spiro atoms. The topological polar surface area (TPSA) is 80.1 Å². The van der Waals surface area contributed by atoms with Crippen LogP contribution in [0.2, 0.25) is 0 Å². The van der Waals surface area contributed by atoms with E-state index in [1.807, 2.05) is 66.7 Å². The predicted molar refractivity (Wildman–Crippen MR) is 118 cm³/mol. The lowest BCUT2D eigenvalue weighted by Gasteiger charge is -2.27. The number of carbonyl (C=O) groups excluding carboxylic acids is 2. The minimum absolute atomic E-state index is 0.0277. The zero-order valence-electron chi connectivity index (χ0n) is 17.0. The summed E-state index contributed by atoms with van der Waals surface area (Å²) in [4.78, 5) is 31.5. The second-order valence-corrected chi connectivity index (χ2v) is 7.44. The van der Waals surface area contributed by atoms with Crippen LogP contribution in [0.15, 0.2) is 78.9 Å². The van der Waals surface area contributed by atoms with E-state index in [0.29, 0.717) is 11.3 Å². The van der Waals surface area contributed by atoms with Gasteiger partial charge >= 0.3 is 5.97 Å². The highest BCUT2D eigenvalue weighted by molar-refractivity contribution is 6.18. The van der Waals surface area contributed by atoms with Gasteiger partial charge in [0.1, 0.15) is 5.41 Å². The van der Waals surface area contributed by atoms with Gasteiger partial charge in [0, 0.05) is 23.1 Å². The van der Waals surface area contributed by atoms with Crippen LogP contribution in [0.1, 0.15) is 22.5 Å². The van der Waals surface area contributed by atoms with Crippen molar-refractivity contribution in [1.29, 1.82) is 5.26 Å². The molecular weight excluding hydrogens is 388 g/mol. The lowest BCUT2D eigenvalue weighted by molar-refractivity contribution is -0.149. The maximum Gasteiger partial charge on any atom is 0.321 e. The van der Waals surface area contributed by atoms with Crippen LogP contribution in [0.25, 0.3) is 21.7 Å². The third-order valence-electron chi connectivity index (χ3n) is 5.56. The molecule has 0 aliphatic carbocycles. The van der Waals surface area contributed by atoms with Gasteiger partial charge in [0.15, 0.2) is 5.78 Å². The van der Waals surface area contributed by atoms with E-state index < -0.39 is 17.2 Å². The lowest BCUT2D eigenvalue weighted by atomic mass is 9.73. The number of nitriles is 1. The van der Waals surface area contributed by atoms with E-state index in [0.717, 1.165) is 21.7 Å². The van der Waals surface area contributed by atoms with Gasteiger partial charge in [0.25, 0.3) is 0 Å². The molecule has 0 saturated carbocycles. The number of hydrogen-bond acceptors (Lipinski definition) is 5. The molecule has 0 aliphatic heterocycles. The molecule has 0 amide bonds. The summed E-state index contributed by atoms with van der Waals surface area (Å²) in [5.74, 6) is -1.17. The molecular formula is C26H20N2O3. The SMILES string of the molecule is COC(=O)C(CC#N)(Cc1ccc2ccccc2n1)C(=O)c1cccc2ccccc12. The first-order chi connectivity index (χ1) is 15.1. The summed E-state index contributed by atoms with van der Waals surface area (Å²) in [5.41, 5.74) is 0.00381. The molecule has 152 valence electrons. The molecule has 1 heterocycles. The fourth-order valence-corrected chi connectivity index (χ4v) is 3.99. The number of Topliss-reactive ketones (excluding diaryl/α,β-unsaturated/α-hetero) is 1. The van der Waals surface area contributed by atoms with Gasteiger partial charge in [-0.2, -0.15) is 5.26 Å². The molecule has 3 aromatic carbocycles. The molecule has 5 nitrogen and oxygen atoms in total. The standard InChI is InChI=1S/C26H20N2O3/c1-31-25(30)26(15-16-27,17-20-14-13-19-8-3-5-12-23(19)28-20)24(29)22-11-6-9-18-7-2-4-10-21(18)22/h2-14H,15,17H2,1H3. The fraction of sp³-hybridized carbons (Fsp3) is 0.154. The molecule has 0 radical (unpaired) electrons. The first kappa shape index (κ1) is 20.2. The molecule has 1 unspecified atom stereocenters. The van der Waals surface area contributed by atoms with Crippen LogP contribution >= 0.6 is 0 Å². The number of benzene rings is 3. The Hall–Kier alpha value is -4.04. The molecule has 0 saturated heterocycles. The monoisotopic (exact) mass is 408 g/mol. The van der Waals surface area contributed by atoms with Crippen molar-refractivity contribution in [3.8, 4) is 6.07 Å². The summed E-state index contributed by atoms with van der Waals surface area (Å²) in [7, 11) is 1.23. The van der Waals surface area contributed by atoms with Crippen molar-refractivity contribution in [2.24, 2.45) is 5.41 Å². The highest BCUT2D eigenvalue weighted by Gasteiger charge is 2.48. The number of ether oxygens (including phenoxy) is 1. The Morgan fingerprint density at radius 1 is 0.935 bits per heavy atom. The number of pyridine rings is 1. The number of ketones is 1. The van der Waals surface area contributed by atoms with E-state index in [2.05, 4.69) is 4.98 Å². The first-order valence-electron chi connectivity index (χ1n) is 9.92. The van der Waals surface area contributed by atoms with Crippen molar-refractivity contribution in [1.82, 2.24) is 4.98 Å². The lowest BCUT2D eigenvalue weighted by Crippen LogP contribution is -2.42. The average Bonchev–Trinajstić information content (AvgIpc) is 2.82. The van der Waals surface area contributed by atoms with Crippen molar-refractivity contribution in [2.45, 2.75) is 12.8 Å². The second-order valence-electron chi connectivity index (χ2n) is 7.44. The predicted octanol–water partition coefficient (Wildman–Crippen LogP) is 4.89. The highest BCUT2D eigenvalue weighted by atomic mass is 16.5. The first-order valence-corrected chi connectivity index (χ1v) is 9.92. The molecule has 5 heteroatoms. The van der Waals surface area contributed by atoms with Gasteiger partial charge in [-0.1, -0.05) is 66.7 Å². The molecule has 0 fully saturated rings. The van der Waals surface area contributed by atoms with E-state index in [1.54, 1.807) is 18.2 Å². The van der Waals surface area contributed by atoms with Gasteiger partial charge < -0.3 is 4.74 Å². The van der Waals surface area contributed by atoms with Gasteiger partial charge in [-0.25, -0.2) is 0 Å². The quantitative estimate of drug-likeness (QED) is 0.258. The van der Waals surface area contributed by atoms with E-state index >= 15 is 0 Å². The summed E-state index contributed by atoms with van der Waals surface area (Å²) in [6.45, 7) is 0. The summed E-state index contributed by atoms with van der Waals surface area (Å²) in [6.07, 6.45) is -0.337. The molecule has 0 aliphatic rings. The Labute approximate surface area is 179 Å².